The maximum Gasteiger partial charge on any atom is 0.318 e. The molecule has 0 aliphatic heterocycles. The topological polar surface area (TPSA) is 111 Å². The van der Waals surface area contributed by atoms with Gasteiger partial charge >= 0.3 is 11.8 Å². The van der Waals surface area contributed by atoms with Crippen LogP contribution in [0.25, 0.3) is 0 Å². The van der Waals surface area contributed by atoms with Crippen LogP contribution in [-0.4, -0.2) is 49.9 Å². The second kappa shape index (κ2) is 7.99. The van der Waals surface area contributed by atoms with Gasteiger partial charge in [-0.2, -0.15) is 0 Å². The monoisotopic (exact) mass is 309 g/mol. The van der Waals surface area contributed by atoms with E-state index in [1.165, 1.54) is 27.2 Å². The number of nitrogens with two attached hydrogens (primary N) is 1. The van der Waals surface area contributed by atoms with Gasteiger partial charge in [-0.25, -0.2) is 0 Å². The summed E-state index contributed by atoms with van der Waals surface area (Å²) in [4.78, 5) is 36.0. The maximum atomic E-state index is 11.9. The van der Waals surface area contributed by atoms with Crippen molar-refractivity contribution in [1.29, 1.82) is 0 Å². The van der Waals surface area contributed by atoms with Crippen molar-refractivity contribution in [1.82, 2.24) is 4.90 Å². The van der Waals surface area contributed by atoms with Crippen molar-refractivity contribution in [3.63, 3.8) is 0 Å². The lowest BCUT2D eigenvalue weighted by Crippen LogP contribution is -2.44. The molecule has 22 heavy (non-hydrogen) atoms. The summed E-state index contributed by atoms with van der Waals surface area (Å²) in [6.07, 6.45) is 0. The van der Waals surface area contributed by atoms with Gasteiger partial charge in [-0.3, -0.25) is 19.3 Å². The molecule has 3 amide bonds. The van der Waals surface area contributed by atoms with Gasteiger partial charge in [-0.05, 0) is 12.1 Å². The van der Waals surface area contributed by atoms with E-state index in [1.807, 2.05) is 0 Å². The van der Waals surface area contributed by atoms with E-state index in [9.17, 15) is 14.4 Å². The Labute approximate surface area is 128 Å². The van der Waals surface area contributed by atoms with E-state index >= 15 is 0 Å². The lowest BCUT2D eigenvalue weighted by atomic mass is 10.2. The van der Waals surface area contributed by atoms with Crippen LogP contribution < -0.4 is 20.5 Å². The molecule has 0 atom stereocenters. The lowest BCUT2D eigenvalue weighted by molar-refractivity contribution is -0.149. The van der Waals surface area contributed by atoms with Crippen molar-refractivity contribution in [2.45, 2.75) is 6.92 Å². The summed E-state index contributed by atoms with van der Waals surface area (Å²) >= 11 is 0. The Hall–Kier alpha value is -2.61. The van der Waals surface area contributed by atoms with Crippen LogP contribution in [0.5, 0.6) is 11.5 Å². The van der Waals surface area contributed by atoms with Crippen molar-refractivity contribution in [2.24, 2.45) is 5.73 Å². The highest BCUT2D eigenvalue weighted by atomic mass is 16.5. The molecule has 1 rings (SSSR count). The van der Waals surface area contributed by atoms with Crippen LogP contribution in [-0.2, 0) is 14.4 Å². The van der Waals surface area contributed by atoms with Gasteiger partial charge in [0.05, 0.1) is 14.2 Å². The third-order valence-corrected chi connectivity index (χ3v) is 2.81. The second-order valence-corrected chi connectivity index (χ2v) is 4.29. The number of anilines is 1. The molecule has 8 heteroatoms. The van der Waals surface area contributed by atoms with Gasteiger partial charge in [-0.15, -0.1) is 0 Å². The SMILES string of the molecule is COc1ccc(NC(=O)C(=O)N(CCN)C(C)=O)cc1OC. The zero-order chi connectivity index (χ0) is 16.7. The van der Waals surface area contributed by atoms with Crippen LogP contribution in [0.1, 0.15) is 6.92 Å². The van der Waals surface area contributed by atoms with Gasteiger partial charge < -0.3 is 20.5 Å². The fraction of sp³-hybridized carbons (Fsp3) is 0.357. The third kappa shape index (κ3) is 4.19. The summed E-state index contributed by atoms with van der Waals surface area (Å²) < 4.78 is 10.2. The number of nitrogens with zero attached hydrogens (tertiary/aromatic N) is 1. The minimum absolute atomic E-state index is 0.0203. The average molecular weight is 309 g/mol. The highest BCUT2D eigenvalue weighted by Gasteiger charge is 2.24. The van der Waals surface area contributed by atoms with Gasteiger partial charge in [-0.1, -0.05) is 0 Å². The first-order chi connectivity index (χ1) is 10.4. The maximum absolute atomic E-state index is 11.9. The van der Waals surface area contributed by atoms with E-state index in [0.717, 1.165) is 4.90 Å². The standard InChI is InChI=1S/C14H19N3O5/c1-9(18)17(7-6-15)14(20)13(19)16-10-4-5-11(21-2)12(8-10)22-3/h4-5,8H,6-7,15H2,1-3H3,(H,16,19). The summed E-state index contributed by atoms with van der Waals surface area (Å²) in [6.45, 7) is 1.25. The first-order valence-electron chi connectivity index (χ1n) is 6.50. The van der Waals surface area contributed by atoms with Crippen molar-refractivity contribution in [2.75, 3.05) is 32.6 Å². The number of benzene rings is 1. The molecular weight excluding hydrogens is 290 g/mol. The molecule has 0 bridgehead atoms. The van der Waals surface area contributed by atoms with Crippen LogP contribution >= 0.6 is 0 Å². The molecule has 0 unspecified atom stereocenters. The van der Waals surface area contributed by atoms with Crippen LogP contribution in [0.3, 0.4) is 0 Å². The Balaban J connectivity index is 2.87. The number of ether oxygens (including phenoxy) is 2. The summed E-state index contributed by atoms with van der Waals surface area (Å²) in [5, 5.41) is 2.40. The fourth-order valence-corrected chi connectivity index (χ4v) is 1.75. The lowest BCUT2D eigenvalue weighted by Gasteiger charge is -2.17. The summed E-state index contributed by atoms with van der Waals surface area (Å²) in [7, 11) is 2.94. The molecule has 0 aliphatic rings. The molecule has 120 valence electrons. The predicted molar refractivity (Wildman–Crippen MR) is 79.6 cm³/mol. The Bertz CT molecular complexity index is 574. The van der Waals surface area contributed by atoms with Gasteiger partial charge in [0.25, 0.3) is 0 Å². The highest BCUT2D eigenvalue weighted by Crippen LogP contribution is 2.29. The van der Waals surface area contributed by atoms with Crippen molar-refractivity contribution in [3.8, 4) is 11.5 Å². The minimum Gasteiger partial charge on any atom is -0.493 e. The molecule has 3 N–H and O–H groups in total. The Morgan fingerprint density at radius 1 is 1.18 bits per heavy atom. The van der Waals surface area contributed by atoms with Crippen LogP contribution in [0.2, 0.25) is 0 Å². The normalized spacial score (nSPS) is 9.82. The molecular formula is C14H19N3O5. The van der Waals surface area contributed by atoms with Crippen LogP contribution in [0, 0.1) is 0 Å². The largest absolute Gasteiger partial charge is 0.493 e. The number of amides is 3. The smallest absolute Gasteiger partial charge is 0.318 e. The molecule has 0 spiro atoms. The van der Waals surface area contributed by atoms with Crippen molar-refractivity contribution in [3.05, 3.63) is 18.2 Å². The number of rotatable bonds is 5. The Morgan fingerprint density at radius 2 is 1.82 bits per heavy atom. The summed E-state index contributed by atoms with van der Waals surface area (Å²) in [5.41, 5.74) is 5.66. The van der Waals surface area contributed by atoms with E-state index in [4.69, 9.17) is 15.2 Å². The minimum atomic E-state index is -0.965. The number of carbonyl (C=O) groups excluding carboxylic acids is 3. The predicted octanol–water partition coefficient (Wildman–Crippen LogP) is -0.0239. The molecule has 0 fully saturated rings. The zero-order valence-corrected chi connectivity index (χ0v) is 12.7. The number of carbonyl (C=O) groups is 3. The number of hydrogen-bond donors (Lipinski definition) is 2. The van der Waals surface area contributed by atoms with Gasteiger partial charge in [0, 0.05) is 31.8 Å². The first kappa shape index (κ1) is 17.4. The second-order valence-electron chi connectivity index (χ2n) is 4.29. The Kier molecular flexibility index (Phi) is 6.33. The number of imide groups is 1. The molecule has 1 aromatic carbocycles. The molecule has 0 radical (unpaired) electrons. The van der Waals surface area contributed by atoms with E-state index in [-0.39, 0.29) is 13.1 Å². The third-order valence-electron chi connectivity index (χ3n) is 2.81. The first-order valence-corrected chi connectivity index (χ1v) is 6.50. The van der Waals surface area contributed by atoms with E-state index in [0.29, 0.717) is 17.2 Å². The molecule has 0 heterocycles. The summed E-state index contributed by atoms with van der Waals surface area (Å²) in [5.74, 6) is -1.56. The molecule has 0 aliphatic carbocycles. The highest BCUT2D eigenvalue weighted by molar-refractivity contribution is 6.41. The quantitative estimate of drug-likeness (QED) is 0.739. The summed E-state index contributed by atoms with van der Waals surface area (Å²) in [6, 6.07) is 4.64. The molecule has 1 aromatic rings. The van der Waals surface area contributed by atoms with E-state index < -0.39 is 17.7 Å². The number of hydrogen-bond acceptors (Lipinski definition) is 6. The zero-order valence-electron chi connectivity index (χ0n) is 12.7. The van der Waals surface area contributed by atoms with Crippen molar-refractivity contribution >= 4 is 23.4 Å². The van der Waals surface area contributed by atoms with Gasteiger partial charge in [0.15, 0.2) is 11.5 Å². The number of nitrogens with one attached hydrogen (secondary N) is 1. The fourth-order valence-electron chi connectivity index (χ4n) is 1.75. The average Bonchev–Trinajstić information content (AvgIpc) is 2.51. The molecule has 0 saturated carbocycles. The Morgan fingerprint density at radius 3 is 2.32 bits per heavy atom. The molecule has 0 saturated heterocycles. The van der Waals surface area contributed by atoms with Crippen LogP contribution in [0.4, 0.5) is 5.69 Å². The van der Waals surface area contributed by atoms with Gasteiger partial charge in [0.1, 0.15) is 0 Å². The van der Waals surface area contributed by atoms with Crippen LogP contribution in [0.15, 0.2) is 18.2 Å². The number of methoxy groups -OCH3 is 2. The van der Waals surface area contributed by atoms with E-state index in [1.54, 1.807) is 12.1 Å². The molecule has 0 aromatic heterocycles. The van der Waals surface area contributed by atoms with Gasteiger partial charge in [0.2, 0.25) is 5.91 Å². The molecule has 8 nitrogen and oxygen atoms in total. The van der Waals surface area contributed by atoms with E-state index in [2.05, 4.69) is 5.32 Å². The van der Waals surface area contributed by atoms with Crippen molar-refractivity contribution < 1.29 is 23.9 Å².